The van der Waals surface area contributed by atoms with E-state index in [-0.39, 0.29) is 17.5 Å². The third-order valence-corrected chi connectivity index (χ3v) is 6.72. The molecule has 5 rings (SSSR count). The number of halogens is 1. The van der Waals surface area contributed by atoms with Crippen LogP contribution < -0.4 is 10.1 Å². The van der Waals surface area contributed by atoms with Crippen LogP contribution in [0.5, 0.6) is 5.75 Å². The largest absolute Gasteiger partial charge is 0.488 e. The number of nitrogens with one attached hydrogen (secondary N) is 1. The Kier molecular flexibility index (Phi) is 4.84. The van der Waals surface area contributed by atoms with Gasteiger partial charge in [-0.2, -0.15) is 0 Å². The molecule has 148 valence electrons. The van der Waals surface area contributed by atoms with Gasteiger partial charge in [0.2, 0.25) is 0 Å². The first-order valence-electron chi connectivity index (χ1n) is 10.3. The molecule has 0 radical (unpaired) electrons. The van der Waals surface area contributed by atoms with Crippen LogP contribution in [0.4, 0.5) is 4.39 Å². The van der Waals surface area contributed by atoms with Crippen LogP contribution in [0.25, 0.3) is 0 Å². The Labute approximate surface area is 160 Å². The zero-order valence-electron chi connectivity index (χ0n) is 15.8. The van der Waals surface area contributed by atoms with Gasteiger partial charge in [-0.15, -0.1) is 0 Å². The predicted octanol–water partition coefficient (Wildman–Crippen LogP) is 2.30. The summed E-state index contributed by atoms with van der Waals surface area (Å²) in [5.74, 6) is 1.02. The van der Waals surface area contributed by atoms with Crippen LogP contribution in [0.15, 0.2) is 18.2 Å². The molecule has 5 nitrogen and oxygen atoms in total. The molecule has 1 N–H and O–H groups in total. The van der Waals surface area contributed by atoms with E-state index in [0.29, 0.717) is 18.6 Å². The predicted molar refractivity (Wildman–Crippen MR) is 99.8 cm³/mol. The lowest BCUT2D eigenvalue weighted by Crippen LogP contribution is -2.59. The van der Waals surface area contributed by atoms with Crippen molar-refractivity contribution < 1.29 is 18.6 Å². The standard InChI is InChI=1S/C21H29FN2O3/c22-16-1-2-20(27-18-5-8-25-12-18)19(9-16)15-3-6-24(7-4-15)17-10-21(26-11-17)13-23-14-21/h1-2,9,15,17-18,23H,3-8,10-14H2/t17-,18-/m0/s1. The Bertz CT molecular complexity index is 667. The first-order valence-corrected chi connectivity index (χ1v) is 10.3. The van der Waals surface area contributed by atoms with Gasteiger partial charge in [0.1, 0.15) is 17.7 Å². The van der Waals surface area contributed by atoms with Crippen molar-refractivity contribution in [2.24, 2.45) is 0 Å². The molecule has 0 bridgehead atoms. The quantitative estimate of drug-likeness (QED) is 0.874. The highest BCUT2D eigenvalue weighted by Crippen LogP contribution is 2.38. The molecule has 1 aromatic carbocycles. The molecular weight excluding hydrogens is 347 g/mol. The second-order valence-electron chi connectivity index (χ2n) is 8.55. The summed E-state index contributed by atoms with van der Waals surface area (Å²) >= 11 is 0. The minimum Gasteiger partial charge on any atom is -0.488 e. The van der Waals surface area contributed by atoms with Gasteiger partial charge in [0, 0.05) is 31.1 Å². The number of rotatable bonds is 4. The van der Waals surface area contributed by atoms with E-state index in [1.807, 2.05) is 0 Å². The molecule has 1 spiro atoms. The molecule has 4 heterocycles. The first kappa shape index (κ1) is 17.9. The summed E-state index contributed by atoms with van der Waals surface area (Å²) in [6.45, 7) is 6.31. The molecule has 0 amide bonds. The monoisotopic (exact) mass is 376 g/mol. The molecule has 4 fully saturated rings. The summed E-state index contributed by atoms with van der Waals surface area (Å²) in [7, 11) is 0. The SMILES string of the molecule is Fc1ccc(O[C@H]2CCOC2)c(C2CCN([C@@H]3COC4(CNC4)C3)CC2)c1. The maximum absolute atomic E-state index is 14.0. The number of benzene rings is 1. The Balaban J connectivity index is 1.23. The second kappa shape index (κ2) is 7.32. The van der Waals surface area contributed by atoms with Gasteiger partial charge in [-0.3, -0.25) is 4.90 Å². The average Bonchev–Trinajstić information content (AvgIpc) is 3.33. The van der Waals surface area contributed by atoms with E-state index in [1.165, 1.54) is 6.07 Å². The number of piperidine rings is 1. The van der Waals surface area contributed by atoms with Crippen molar-refractivity contribution in [3.8, 4) is 5.75 Å². The maximum Gasteiger partial charge on any atom is 0.124 e. The van der Waals surface area contributed by atoms with Gasteiger partial charge in [0.25, 0.3) is 0 Å². The number of hydrogen-bond donors (Lipinski definition) is 1. The zero-order valence-corrected chi connectivity index (χ0v) is 15.8. The first-order chi connectivity index (χ1) is 13.2. The normalized spacial score (nSPS) is 31.3. The molecule has 0 aliphatic carbocycles. The molecule has 4 aliphatic heterocycles. The highest BCUT2D eigenvalue weighted by Gasteiger charge is 2.47. The van der Waals surface area contributed by atoms with Crippen LogP contribution in [0, 0.1) is 5.82 Å². The Morgan fingerprint density at radius 1 is 1.15 bits per heavy atom. The van der Waals surface area contributed by atoms with E-state index in [4.69, 9.17) is 14.2 Å². The van der Waals surface area contributed by atoms with Gasteiger partial charge in [0.15, 0.2) is 0 Å². The van der Waals surface area contributed by atoms with Crippen LogP contribution in [-0.2, 0) is 9.47 Å². The summed E-state index contributed by atoms with van der Waals surface area (Å²) in [5.41, 5.74) is 1.14. The molecule has 0 unspecified atom stereocenters. The van der Waals surface area contributed by atoms with Crippen LogP contribution in [0.3, 0.4) is 0 Å². The fourth-order valence-corrected chi connectivity index (χ4v) is 5.01. The lowest BCUT2D eigenvalue weighted by atomic mass is 9.86. The van der Waals surface area contributed by atoms with Crippen LogP contribution in [-0.4, -0.2) is 68.6 Å². The van der Waals surface area contributed by atoms with E-state index in [9.17, 15) is 4.39 Å². The minimum atomic E-state index is -0.175. The molecular formula is C21H29FN2O3. The minimum absolute atomic E-state index is 0.0946. The third kappa shape index (κ3) is 3.60. The summed E-state index contributed by atoms with van der Waals surface area (Å²) in [5, 5.41) is 3.34. The van der Waals surface area contributed by atoms with Crippen LogP contribution in [0.1, 0.15) is 37.2 Å². The third-order valence-electron chi connectivity index (χ3n) is 6.72. The van der Waals surface area contributed by atoms with Gasteiger partial charge < -0.3 is 19.5 Å². The Morgan fingerprint density at radius 3 is 2.67 bits per heavy atom. The molecule has 6 heteroatoms. The van der Waals surface area contributed by atoms with E-state index < -0.39 is 0 Å². The zero-order chi connectivity index (χ0) is 18.3. The summed E-state index contributed by atoms with van der Waals surface area (Å²) in [6, 6.07) is 5.52. The summed E-state index contributed by atoms with van der Waals surface area (Å²) in [6.07, 6.45) is 4.23. The Morgan fingerprint density at radius 2 is 2.00 bits per heavy atom. The molecule has 1 aromatic rings. The van der Waals surface area contributed by atoms with Crippen molar-refractivity contribution in [1.29, 1.82) is 0 Å². The van der Waals surface area contributed by atoms with Crippen molar-refractivity contribution in [3.63, 3.8) is 0 Å². The lowest BCUT2D eigenvalue weighted by molar-refractivity contribution is -0.0367. The van der Waals surface area contributed by atoms with Crippen molar-refractivity contribution in [1.82, 2.24) is 10.2 Å². The van der Waals surface area contributed by atoms with E-state index in [1.54, 1.807) is 12.1 Å². The van der Waals surface area contributed by atoms with Crippen LogP contribution in [0.2, 0.25) is 0 Å². The highest BCUT2D eigenvalue weighted by molar-refractivity contribution is 5.37. The van der Waals surface area contributed by atoms with E-state index in [2.05, 4.69) is 10.2 Å². The van der Waals surface area contributed by atoms with E-state index in [0.717, 1.165) is 76.4 Å². The molecule has 0 saturated carbocycles. The van der Waals surface area contributed by atoms with E-state index >= 15 is 0 Å². The van der Waals surface area contributed by atoms with Crippen molar-refractivity contribution in [2.75, 3.05) is 46.0 Å². The van der Waals surface area contributed by atoms with Gasteiger partial charge >= 0.3 is 0 Å². The molecule has 4 saturated heterocycles. The Hall–Kier alpha value is -1.21. The van der Waals surface area contributed by atoms with Crippen molar-refractivity contribution in [2.45, 2.75) is 49.3 Å². The van der Waals surface area contributed by atoms with Crippen LogP contribution >= 0.6 is 0 Å². The summed E-state index contributed by atoms with van der Waals surface area (Å²) in [4.78, 5) is 2.58. The second-order valence-corrected chi connectivity index (χ2v) is 8.55. The maximum atomic E-state index is 14.0. The molecule has 0 aromatic heterocycles. The highest BCUT2D eigenvalue weighted by atomic mass is 19.1. The topological polar surface area (TPSA) is 43.0 Å². The average molecular weight is 376 g/mol. The number of likely N-dealkylation sites (tertiary alicyclic amines) is 1. The van der Waals surface area contributed by atoms with Gasteiger partial charge in [-0.05, 0) is 56.5 Å². The number of ether oxygens (including phenoxy) is 3. The fourth-order valence-electron chi connectivity index (χ4n) is 5.01. The molecule has 4 aliphatic rings. The van der Waals surface area contributed by atoms with Crippen molar-refractivity contribution in [3.05, 3.63) is 29.6 Å². The fraction of sp³-hybridized carbons (Fsp3) is 0.714. The van der Waals surface area contributed by atoms with Gasteiger partial charge in [-0.1, -0.05) is 0 Å². The van der Waals surface area contributed by atoms with Gasteiger partial charge in [-0.25, -0.2) is 4.39 Å². The van der Waals surface area contributed by atoms with Crippen molar-refractivity contribution >= 4 is 0 Å². The number of hydrogen-bond acceptors (Lipinski definition) is 5. The molecule has 2 atom stereocenters. The van der Waals surface area contributed by atoms with Gasteiger partial charge in [0.05, 0.1) is 25.4 Å². The molecule has 27 heavy (non-hydrogen) atoms. The lowest BCUT2D eigenvalue weighted by Gasteiger charge is -2.40. The smallest absolute Gasteiger partial charge is 0.124 e. The summed E-state index contributed by atoms with van der Waals surface area (Å²) < 4.78 is 31.6. The number of nitrogens with zero attached hydrogens (tertiary/aromatic N) is 1.